The first kappa shape index (κ1) is 25.0. The van der Waals surface area contributed by atoms with Crippen LogP contribution in [-0.4, -0.2) is 61.7 Å². The van der Waals surface area contributed by atoms with Gasteiger partial charge in [-0.15, -0.1) is 0 Å². The van der Waals surface area contributed by atoms with Gasteiger partial charge in [0, 0.05) is 35.8 Å². The molecule has 1 aromatic heterocycles. The smallest absolute Gasteiger partial charge is 0.409 e. The molecule has 0 saturated carbocycles. The maximum atomic E-state index is 13.5. The van der Waals surface area contributed by atoms with Crippen molar-refractivity contribution in [3.63, 3.8) is 0 Å². The van der Waals surface area contributed by atoms with E-state index in [0.29, 0.717) is 52.5 Å². The quantitative estimate of drug-likeness (QED) is 0.433. The predicted octanol–water partition coefficient (Wildman–Crippen LogP) is 4.67. The minimum Gasteiger partial charge on any atom is -0.465 e. The van der Waals surface area contributed by atoms with Gasteiger partial charge in [-0.1, -0.05) is 29.0 Å². The summed E-state index contributed by atoms with van der Waals surface area (Å²) in [6, 6.07) is 12.2. The molecular formula is C26H24ClN3O6S. The second-order valence-corrected chi connectivity index (χ2v) is 10.4. The molecule has 2 aliphatic heterocycles. The highest BCUT2D eigenvalue weighted by molar-refractivity contribution is 7.13. The summed E-state index contributed by atoms with van der Waals surface area (Å²) in [7, 11) is 2.68. The van der Waals surface area contributed by atoms with Gasteiger partial charge in [0.05, 0.1) is 32.4 Å². The van der Waals surface area contributed by atoms with Crippen LogP contribution in [-0.2, 0) is 26.1 Å². The average Bonchev–Trinajstić information content (AvgIpc) is 3.61. The van der Waals surface area contributed by atoms with Crippen LogP contribution in [0, 0.1) is 0 Å². The number of hydrogen-bond acceptors (Lipinski definition) is 8. The number of thiazole rings is 1. The molecule has 2 aliphatic rings. The normalized spacial score (nSPS) is 18.1. The van der Waals surface area contributed by atoms with Crippen LogP contribution < -0.4 is 9.64 Å². The van der Waals surface area contributed by atoms with Crippen LogP contribution in [0.3, 0.4) is 0 Å². The van der Waals surface area contributed by atoms with Crippen molar-refractivity contribution in [3.8, 4) is 10.8 Å². The van der Waals surface area contributed by atoms with E-state index in [2.05, 4.69) is 4.98 Å². The number of ether oxygens (including phenoxy) is 3. The lowest BCUT2D eigenvalue weighted by molar-refractivity contribution is -0.118. The molecule has 1 atom stereocenters. The van der Waals surface area contributed by atoms with Crippen molar-refractivity contribution >= 4 is 46.6 Å². The molecule has 2 aromatic carbocycles. The number of carbonyl (C=O) groups is 3. The molecule has 2 amide bonds. The van der Waals surface area contributed by atoms with E-state index >= 15 is 0 Å². The van der Waals surface area contributed by atoms with Gasteiger partial charge in [0.2, 0.25) is 11.0 Å². The molecule has 5 rings (SSSR count). The number of likely N-dealkylation sites (tertiary alicyclic amines) is 1. The minimum atomic E-state index is -0.456. The van der Waals surface area contributed by atoms with Gasteiger partial charge < -0.3 is 24.0 Å². The van der Waals surface area contributed by atoms with Gasteiger partial charge in [-0.3, -0.25) is 4.79 Å². The number of hydrogen-bond donors (Lipinski definition) is 0. The second kappa shape index (κ2) is 10.0. The van der Waals surface area contributed by atoms with E-state index in [4.69, 9.17) is 25.8 Å². The van der Waals surface area contributed by atoms with Crippen LogP contribution in [0.25, 0.3) is 0 Å². The van der Waals surface area contributed by atoms with Crippen LogP contribution in [0.2, 0.25) is 5.02 Å². The molecule has 0 bridgehead atoms. The first-order chi connectivity index (χ1) is 17.8. The summed E-state index contributed by atoms with van der Waals surface area (Å²) in [5, 5.41) is 1.68. The Balaban J connectivity index is 1.31. The number of anilines is 1. The summed E-state index contributed by atoms with van der Waals surface area (Å²) in [4.78, 5) is 45.2. The fourth-order valence-corrected chi connectivity index (χ4v) is 5.89. The summed E-state index contributed by atoms with van der Waals surface area (Å²) >= 11 is 7.58. The SMILES string of the molecule is COC(=O)c1cccc(Oc2cnc(CC(=O)N3CC4(CCN(C(=O)OC)C4)c4cc(Cl)ccc43)s2)c1. The van der Waals surface area contributed by atoms with Crippen LogP contribution in [0.15, 0.2) is 48.7 Å². The number of fused-ring (bicyclic) bond motifs is 2. The van der Waals surface area contributed by atoms with E-state index in [0.717, 1.165) is 11.3 Å². The number of halogens is 1. The molecule has 1 fully saturated rings. The number of rotatable bonds is 5. The molecule has 192 valence electrons. The monoisotopic (exact) mass is 541 g/mol. The number of benzene rings is 2. The first-order valence-electron chi connectivity index (χ1n) is 11.6. The van der Waals surface area contributed by atoms with Gasteiger partial charge in [-0.2, -0.15) is 0 Å². The summed E-state index contributed by atoms with van der Waals surface area (Å²) < 4.78 is 15.5. The van der Waals surface area contributed by atoms with Gasteiger partial charge in [0.15, 0.2) is 0 Å². The molecule has 0 radical (unpaired) electrons. The van der Waals surface area contributed by atoms with Crippen LogP contribution in [0.4, 0.5) is 10.5 Å². The standard InChI is InChI=1S/C26H24ClN3O6S/c1-34-24(32)16-4-3-5-18(10-16)36-23-13-28-21(37-23)12-22(31)30-15-26(8-9-29(14-26)25(33)35-2)19-11-17(27)6-7-20(19)30/h3-7,10-11,13H,8-9,12,14-15H2,1-2H3. The van der Waals surface area contributed by atoms with Crippen molar-refractivity contribution in [2.45, 2.75) is 18.3 Å². The van der Waals surface area contributed by atoms with Gasteiger partial charge in [-0.05, 0) is 48.4 Å². The summed E-state index contributed by atoms with van der Waals surface area (Å²) in [6.45, 7) is 1.45. The molecule has 0 aliphatic carbocycles. The number of esters is 1. The molecule has 1 saturated heterocycles. The van der Waals surface area contributed by atoms with Crippen molar-refractivity contribution in [3.05, 3.63) is 69.8 Å². The number of carbonyl (C=O) groups excluding carboxylic acids is 3. The third-order valence-electron chi connectivity index (χ3n) is 6.68. The van der Waals surface area contributed by atoms with Crippen molar-refractivity contribution in [1.82, 2.24) is 9.88 Å². The summed E-state index contributed by atoms with van der Waals surface area (Å²) in [6.07, 6.45) is 1.98. The fourth-order valence-electron chi connectivity index (χ4n) is 4.94. The molecule has 11 heteroatoms. The highest BCUT2D eigenvalue weighted by Gasteiger charge is 2.50. The molecule has 9 nitrogen and oxygen atoms in total. The Morgan fingerprint density at radius 1 is 1.11 bits per heavy atom. The summed E-state index contributed by atoms with van der Waals surface area (Å²) in [5.74, 6) is -0.0957. The van der Waals surface area contributed by atoms with Gasteiger partial charge in [-0.25, -0.2) is 14.6 Å². The Morgan fingerprint density at radius 3 is 2.73 bits per heavy atom. The molecule has 1 unspecified atom stereocenters. The zero-order valence-electron chi connectivity index (χ0n) is 20.2. The average molecular weight is 542 g/mol. The number of aromatic nitrogens is 1. The zero-order chi connectivity index (χ0) is 26.2. The number of methoxy groups -OCH3 is 2. The van der Waals surface area contributed by atoms with E-state index in [-0.39, 0.29) is 18.4 Å². The second-order valence-electron chi connectivity index (χ2n) is 8.93. The lowest BCUT2D eigenvalue weighted by atomic mass is 9.81. The van der Waals surface area contributed by atoms with Crippen LogP contribution in [0.1, 0.15) is 27.3 Å². The third kappa shape index (κ3) is 4.86. The van der Waals surface area contributed by atoms with E-state index in [9.17, 15) is 14.4 Å². The van der Waals surface area contributed by atoms with Gasteiger partial charge in [0.1, 0.15) is 10.8 Å². The Bertz CT molecular complexity index is 1380. The maximum Gasteiger partial charge on any atom is 0.409 e. The lowest BCUT2D eigenvalue weighted by Gasteiger charge is -2.25. The third-order valence-corrected chi connectivity index (χ3v) is 7.79. The van der Waals surface area contributed by atoms with Gasteiger partial charge in [0.25, 0.3) is 0 Å². The topological polar surface area (TPSA) is 98.3 Å². The van der Waals surface area contributed by atoms with Crippen molar-refractivity contribution in [2.24, 2.45) is 0 Å². The Hall–Kier alpha value is -3.63. The number of amides is 2. The fraction of sp³-hybridized carbons (Fsp3) is 0.308. The Labute approximate surface area is 222 Å². The van der Waals surface area contributed by atoms with Crippen LogP contribution >= 0.6 is 22.9 Å². The van der Waals surface area contributed by atoms with Crippen molar-refractivity contribution < 1.29 is 28.6 Å². The predicted molar refractivity (Wildman–Crippen MR) is 138 cm³/mol. The van der Waals surface area contributed by atoms with Crippen molar-refractivity contribution in [1.29, 1.82) is 0 Å². The van der Waals surface area contributed by atoms with Crippen LogP contribution in [0.5, 0.6) is 10.8 Å². The lowest BCUT2D eigenvalue weighted by Crippen LogP contribution is -2.40. The largest absolute Gasteiger partial charge is 0.465 e. The zero-order valence-corrected chi connectivity index (χ0v) is 21.8. The van der Waals surface area contributed by atoms with E-state index < -0.39 is 11.4 Å². The highest BCUT2D eigenvalue weighted by atomic mass is 35.5. The molecule has 3 aromatic rings. The molecule has 1 spiro atoms. The highest BCUT2D eigenvalue weighted by Crippen LogP contribution is 2.47. The Morgan fingerprint density at radius 2 is 1.95 bits per heavy atom. The van der Waals surface area contributed by atoms with Gasteiger partial charge >= 0.3 is 12.1 Å². The van der Waals surface area contributed by atoms with E-state index in [1.165, 1.54) is 25.6 Å². The molecular weight excluding hydrogens is 518 g/mol. The first-order valence-corrected chi connectivity index (χ1v) is 12.8. The molecule has 37 heavy (non-hydrogen) atoms. The van der Waals surface area contributed by atoms with Crippen molar-refractivity contribution in [2.75, 3.05) is 38.8 Å². The van der Waals surface area contributed by atoms with E-state index in [1.54, 1.807) is 46.3 Å². The minimum absolute atomic E-state index is 0.0924. The summed E-state index contributed by atoms with van der Waals surface area (Å²) in [5.41, 5.74) is 1.74. The molecule has 0 N–H and O–H groups in total. The number of nitrogens with zero attached hydrogens (tertiary/aromatic N) is 3. The Kier molecular flexibility index (Phi) is 6.78. The maximum absolute atomic E-state index is 13.5. The van der Waals surface area contributed by atoms with E-state index in [1.807, 2.05) is 12.1 Å². The molecule has 3 heterocycles.